The summed E-state index contributed by atoms with van der Waals surface area (Å²) >= 11 is 5.84. The summed E-state index contributed by atoms with van der Waals surface area (Å²) in [6.07, 6.45) is 3.03. The summed E-state index contributed by atoms with van der Waals surface area (Å²) in [6, 6.07) is 4.17. The maximum Gasteiger partial charge on any atom is 0.262 e. The van der Waals surface area contributed by atoms with Gasteiger partial charge in [0.1, 0.15) is 0 Å². The van der Waals surface area contributed by atoms with Gasteiger partial charge in [-0.15, -0.1) is 0 Å². The number of hydrogen-bond donors (Lipinski definition) is 2. The molecule has 0 aliphatic rings. The zero-order valence-electron chi connectivity index (χ0n) is 10.7. The Balaban J connectivity index is 2.30. The fourth-order valence-electron chi connectivity index (χ4n) is 1.64. The maximum absolute atomic E-state index is 12.2. The van der Waals surface area contributed by atoms with Crippen molar-refractivity contribution in [3.63, 3.8) is 0 Å². The van der Waals surface area contributed by atoms with E-state index in [0.29, 0.717) is 22.8 Å². The van der Waals surface area contributed by atoms with Crippen LogP contribution < -0.4 is 4.72 Å². The molecule has 0 spiro atoms. The van der Waals surface area contributed by atoms with Crippen LogP contribution in [0, 0.1) is 0 Å². The number of nitrogens with zero attached hydrogens (tertiary/aromatic N) is 2. The summed E-state index contributed by atoms with van der Waals surface area (Å²) < 4.78 is 28.4. The van der Waals surface area contributed by atoms with Crippen LogP contribution in [0.4, 0.5) is 5.69 Å². The Kier molecular flexibility index (Phi) is 4.32. The van der Waals surface area contributed by atoms with E-state index in [9.17, 15) is 8.42 Å². The average Bonchev–Trinajstić information content (AvgIpc) is 2.86. The molecule has 108 valence electrons. The minimum Gasteiger partial charge on any atom is -0.392 e. The molecule has 1 heterocycles. The minimum atomic E-state index is -3.73. The van der Waals surface area contributed by atoms with Crippen molar-refractivity contribution in [2.45, 2.75) is 25.0 Å². The Hall–Kier alpha value is -1.57. The predicted molar refractivity (Wildman–Crippen MR) is 76.1 cm³/mol. The summed E-state index contributed by atoms with van der Waals surface area (Å²) in [5.41, 5.74) is 0.742. The number of hydrogen-bond acceptors (Lipinski definition) is 4. The molecule has 6 nitrogen and oxygen atoms in total. The quantitative estimate of drug-likeness (QED) is 0.882. The first-order valence-corrected chi connectivity index (χ1v) is 7.77. The normalized spacial score (nSPS) is 11.6. The van der Waals surface area contributed by atoms with E-state index >= 15 is 0 Å². The van der Waals surface area contributed by atoms with Crippen LogP contribution in [0.5, 0.6) is 0 Å². The SMILES string of the molecule is CCn1cc(NS(=O)(=O)c2ccc(Cl)c(CO)c2)cn1. The molecular formula is C12H14ClN3O3S. The van der Waals surface area contributed by atoms with Gasteiger partial charge in [0.25, 0.3) is 10.0 Å². The van der Waals surface area contributed by atoms with Crippen molar-refractivity contribution in [1.29, 1.82) is 0 Å². The van der Waals surface area contributed by atoms with Crippen LogP contribution in [0.2, 0.25) is 5.02 Å². The molecule has 1 aromatic carbocycles. The van der Waals surface area contributed by atoms with Crippen molar-refractivity contribution < 1.29 is 13.5 Å². The van der Waals surface area contributed by atoms with Gasteiger partial charge < -0.3 is 5.11 Å². The first-order valence-electron chi connectivity index (χ1n) is 5.91. The molecule has 20 heavy (non-hydrogen) atoms. The lowest BCUT2D eigenvalue weighted by atomic mass is 10.2. The lowest BCUT2D eigenvalue weighted by Crippen LogP contribution is -2.13. The molecule has 0 atom stereocenters. The molecule has 8 heteroatoms. The van der Waals surface area contributed by atoms with Crippen LogP contribution in [0.1, 0.15) is 12.5 Å². The van der Waals surface area contributed by atoms with Crippen LogP contribution in [-0.2, 0) is 23.2 Å². The van der Waals surface area contributed by atoms with E-state index < -0.39 is 10.0 Å². The van der Waals surface area contributed by atoms with Crippen molar-refractivity contribution in [1.82, 2.24) is 9.78 Å². The van der Waals surface area contributed by atoms with E-state index in [-0.39, 0.29) is 11.5 Å². The lowest BCUT2D eigenvalue weighted by Gasteiger charge is -2.08. The zero-order chi connectivity index (χ0) is 14.8. The molecule has 0 aliphatic carbocycles. The molecule has 0 bridgehead atoms. The number of rotatable bonds is 5. The van der Waals surface area contributed by atoms with Gasteiger partial charge in [0.05, 0.1) is 23.4 Å². The van der Waals surface area contributed by atoms with Crippen LogP contribution in [0.25, 0.3) is 0 Å². The van der Waals surface area contributed by atoms with Gasteiger partial charge >= 0.3 is 0 Å². The number of nitrogens with one attached hydrogen (secondary N) is 1. The van der Waals surface area contributed by atoms with E-state index in [4.69, 9.17) is 16.7 Å². The fourth-order valence-corrected chi connectivity index (χ4v) is 2.90. The second-order valence-corrected chi connectivity index (χ2v) is 6.19. The Bertz CT molecular complexity index is 712. The average molecular weight is 316 g/mol. The van der Waals surface area contributed by atoms with Gasteiger partial charge in [0.2, 0.25) is 0 Å². The van der Waals surface area contributed by atoms with E-state index in [1.54, 1.807) is 10.9 Å². The Morgan fingerprint density at radius 1 is 1.45 bits per heavy atom. The van der Waals surface area contributed by atoms with Crippen LogP contribution in [0.15, 0.2) is 35.5 Å². The molecule has 0 radical (unpaired) electrons. The Labute approximate surface area is 122 Å². The Morgan fingerprint density at radius 2 is 2.20 bits per heavy atom. The third-order valence-electron chi connectivity index (χ3n) is 2.71. The smallest absolute Gasteiger partial charge is 0.262 e. The van der Waals surface area contributed by atoms with E-state index in [0.717, 1.165) is 0 Å². The van der Waals surface area contributed by atoms with Gasteiger partial charge in [-0.25, -0.2) is 8.42 Å². The van der Waals surface area contributed by atoms with Crippen molar-refractivity contribution in [3.05, 3.63) is 41.2 Å². The monoisotopic (exact) mass is 315 g/mol. The third kappa shape index (κ3) is 3.12. The van der Waals surface area contributed by atoms with Crippen molar-refractivity contribution in [2.24, 2.45) is 0 Å². The predicted octanol–water partition coefficient (Wildman–Crippen LogP) is 1.85. The molecule has 0 unspecified atom stereocenters. The summed E-state index contributed by atoms with van der Waals surface area (Å²) in [7, 11) is -3.73. The topological polar surface area (TPSA) is 84.2 Å². The molecule has 2 rings (SSSR count). The van der Waals surface area contributed by atoms with E-state index in [2.05, 4.69) is 9.82 Å². The van der Waals surface area contributed by atoms with Gasteiger partial charge in [-0.2, -0.15) is 5.10 Å². The minimum absolute atomic E-state index is 0.0372. The van der Waals surface area contributed by atoms with E-state index in [1.807, 2.05) is 6.92 Å². The fraction of sp³-hybridized carbons (Fsp3) is 0.250. The number of aliphatic hydroxyl groups is 1. The number of benzene rings is 1. The first kappa shape index (κ1) is 14.8. The second kappa shape index (κ2) is 5.82. The molecule has 0 aliphatic heterocycles. The van der Waals surface area contributed by atoms with Gasteiger partial charge in [0.15, 0.2) is 0 Å². The van der Waals surface area contributed by atoms with Crippen LogP contribution in [0.3, 0.4) is 0 Å². The van der Waals surface area contributed by atoms with Crippen LogP contribution >= 0.6 is 11.6 Å². The molecule has 0 amide bonds. The number of halogens is 1. The van der Waals surface area contributed by atoms with E-state index in [1.165, 1.54) is 24.4 Å². The largest absolute Gasteiger partial charge is 0.392 e. The number of aliphatic hydroxyl groups excluding tert-OH is 1. The van der Waals surface area contributed by atoms with Crippen molar-refractivity contribution in [2.75, 3.05) is 4.72 Å². The highest BCUT2D eigenvalue weighted by molar-refractivity contribution is 7.92. The summed E-state index contributed by atoms with van der Waals surface area (Å²) in [4.78, 5) is 0.0372. The second-order valence-electron chi connectivity index (χ2n) is 4.10. The van der Waals surface area contributed by atoms with Gasteiger partial charge in [0, 0.05) is 17.8 Å². The lowest BCUT2D eigenvalue weighted by molar-refractivity contribution is 0.281. The van der Waals surface area contributed by atoms with Crippen molar-refractivity contribution in [3.8, 4) is 0 Å². The number of anilines is 1. The molecule has 0 fully saturated rings. The number of aryl methyl sites for hydroxylation is 1. The third-order valence-corrected chi connectivity index (χ3v) is 4.45. The molecule has 2 aromatic rings. The summed E-state index contributed by atoms with van der Waals surface area (Å²) in [5.74, 6) is 0. The van der Waals surface area contributed by atoms with Crippen molar-refractivity contribution >= 4 is 27.3 Å². The van der Waals surface area contributed by atoms with Gasteiger partial charge in [-0.3, -0.25) is 9.40 Å². The summed E-state index contributed by atoms with van der Waals surface area (Å²) in [6.45, 7) is 2.23. The Morgan fingerprint density at radius 3 is 2.80 bits per heavy atom. The van der Waals surface area contributed by atoms with Gasteiger partial charge in [-0.05, 0) is 30.7 Å². The van der Waals surface area contributed by atoms with Gasteiger partial charge in [-0.1, -0.05) is 11.6 Å². The molecule has 0 saturated carbocycles. The molecule has 2 N–H and O–H groups in total. The zero-order valence-corrected chi connectivity index (χ0v) is 12.3. The number of sulfonamides is 1. The number of aromatic nitrogens is 2. The molecule has 0 saturated heterocycles. The summed E-state index contributed by atoms with van der Waals surface area (Å²) in [5, 5.41) is 13.4. The molecular weight excluding hydrogens is 302 g/mol. The maximum atomic E-state index is 12.2. The highest BCUT2D eigenvalue weighted by Crippen LogP contribution is 2.22. The van der Waals surface area contributed by atoms with Crippen LogP contribution in [-0.4, -0.2) is 23.3 Å². The molecule has 1 aromatic heterocycles. The first-order chi connectivity index (χ1) is 9.46. The highest BCUT2D eigenvalue weighted by Gasteiger charge is 2.16. The standard InChI is InChI=1S/C12H14ClN3O3S/c1-2-16-7-10(6-14-16)15-20(18,19)11-3-4-12(13)9(5-11)8-17/h3-7,15,17H,2,8H2,1H3. The highest BCUT2D eigenvalue weighted by atomic mass is 35.5.